The van der Waals surface area contributed by atoms with Crippen molar-refractivity contribution in [3.8, 4) is 0 Å². The lowest BCUT2D eigenvalue weighted by Gasteiger charge is -2.42. The third-order valence-corrected chi connectivity index (χ3v) is 8.04. The molecule has 1 saturated carbocycles. The average molecular weight is 425 g/mol. The largest absolute Gasteiger partial charge is 0.375 e. The van der Waals surface area contributed by atoms with Gasteiger partial charge in [-0.2, -0.15) is 0 Å². The predicted octanol–water partition coefficient (Wildman–Crippen LogP) is 2.76. The van der Waals surface area contributed by atoms with Crippen molar-refractivity contribution in [1.29, 1.82) is 0 Å². The summed E-state index contributed by atoms with van der Waals surface area (Å²) >= 11 is 0. The van der Waals surface area contributed by atoms with Gasteiger partial charge in [0.2, 0.25) is 0 Å². The molecular weight excluding hydrogens is 379 g/mol. The quantitative estimate of drug-likeness (QED) is 0.679. The molecule has 0 amide bonds. The molecule has 0 aromatic carbocycles. The SMILES string of the molecule is CCN1CCCC(CN2CCN(CC3(F)CCC(OC4CCNCC4)CC3)CC2)C1. The molecule has 0 aromatic rings. The summed E-state index contributed by atoms with van der Waals surface area (Å²) in [5.74, 6) is 0.827. The van der Waals surface area contributed by atoms with E-state index in [1.54, 1.807) is 0 Å². The van der Waals surface area contributed by atoms with E-state index in [1.165, 1.54) is 39.0 Å². The van der Waals surface area contributed by atoms with Crippen molar-refractivity contribution < 1.29 is 9.13 Å². The first-order chi connectivity index (χ1) is 14.6. The molecule has 5 nitrogen and oxygen atoms in total. The van der Waals surface area contributed by atoms with Gasteiger partial charge in [0.15, 0.2) is 0 Å². The lowest BCUT2D eigenvalue weighted by Crippen LogP contribution is -2.53. The van der Waals surface area contributed by atoms with Crippen molar-refractivity contribution in [2.24, 2.45) is 5.92 Å². The smallest absolute Gasteiger partial charge is 0.123 e. The molecular formula is C24H45FN4O. The van der Waals surface area contributed by atoms with E-state index in [1.807, 2.05) is 0 Å². The third-order valence-electron chi connectivity index (χ3n) is 8.04. The maximum absolute atomic E-state index is 15.5. The Kier molecular flexibility index (Phi) is 8.43. The zero-order valence-electron chi connectivity index (χ0n) is 19.3. The number of rotatable bonds is 7. The summed E-state index contributed by atoms with van der Waals surface area (Å²) in [4.78, 5) is 7.63. The fraction of sp³-hybridized carbons (Fsp3) is 1.00. The molecule has 0 spiro atoms. The number of hydrogen-bond acceptors (Lipinski definition) is 5. The molecule has 3 aliphatic heterocycles. The van der Waals surface area contributed by atoms with Crippen LogP contribution in [0.4, 0.5) is 4.39 Å². The Hall–Kier alpha value is -0.270. The zero-order chi connectivity index (χ0) is 20.8. The molecule has 4 rings (SSSR count). The zero-order valence-corrected chi connectivity index (χ0v) is 19.3. The normalized spacial score (nSPS) is 36.2. The number of likely N-dealkylation sites (tertiary alicyclic amines) is 1. The molecule has 1 aliphatic carbocycles. The van der Waals surface area contributed by atoms with Gasteiger partial charge in [0.05, 0.1) is 12.2 Å². The van der Waals surface area contributed by atoms with Crippen LogP contribution in [0.5, 0.6) is 0 Å². The molecule has 1 atom stereocenters. The Morgan fingerprint density at radius 2 is 1.53 bits per heavy atom. The van der Waals surface area contributed by atoms with Gasteiger partial charge in [0, 0.05) is 45.8 Å². The van der Waals surface area contributed by atoms with Crippen molar-refractivity contribution in [3.05, 3.63) is 0 Å². The van der Waals surface area contributed by atoms with Crippen LogP contribution < -0.4 is 5.32 Å². The minimum Gasteiger partial charge on any atom is -0.375 e. The average Bonchev–Trinajstić information content (AvgIpc) is 2.78. The Labute approximate surface area is 183 Å². The first-order valence-corrected chi connectivity index (χ1v) is 12.8. The molecule has 3 heterocycles. The highest BCUT2D eigenvalue weighted by Crippen LogP contribution is 2.35. The summed E-state index contributed by atoms with van der Waals surface area (Å²) in [6, 6.07) is 0. The molecule has 4 aliphatic rings. The van der Waals surface area contributed by atoms with Crippen molar-refractivity contribution in [2.45, 2.75) is 76.2 Å². The summed E-state index contributed by atoms with van der Waals surface area (Å²) in [6.45, 7) is 14.3. The molecule has 30 heavy (non-hydrogen) atoms. The van der Waals surface area contributed by atoms with Crippen molar-refractivity contribution in [2.75, 3.05) is 72.0 Å². The van der Waals surface area contributed by atoms with Gasteiger partial charge in [0.1, 0.15) is 5.67 Å². The maximum atomic E-state index is 15.5. The summed E-state index contributed by atoms with van der Waals surface area (Å²) in [6.07, 6.45) is 8.78. The third kappa shape index (κ3) is 6.61. The fourth-order valence-electron chi connectivity index (χ4n) is 6.09. The van der Waals surface area contributed by atoms with E-state index in [4.69, 9.17) is 4.74 Å². The Morgan fingerprint density at radius 1 is 0.867 bits per heavy atom. The minimum atomic E-state index is -0.999. The molecule has 4 fully saturated rings. The number of nitrogens with one attached hydrogen (secondary N) is 1. The first-order valence-electron chi connectivity index (χ1n) is 12.8. The van der Waals surface area contributed by atoms with E-state index in [0.717, 1.165) is 70.9 Å². The van der Waals surface area contributed by atoms with Crippen molar-refractivity contribution >= 4 is 0 Å². The number of nitrogens with zero attached hydrogens (tertiary/aromatic N) is 3. The van der Waals surface area contributed by atoms with Gasteiger partial charge in [-0.1, -0.05) is 6.92 Å². The van der Waals surface area contributed by atoms with Crippen molar-refractivity contribution in [3.63, 3.8) is 0 Å². The van der Waals surface area contributed by atoms with Gasteiger partial charge in [-0.3, -0.25) is 4.90 Å². The Morgan fingerprint density at radius 3 is 2.23 bits per heavy atom. The van der Waals surface area contributed by atoms with Crippen LogP contribution in [-0.4, -0.2) is 105 Å². The number of hydrogen-bond donors (Lipinski definition) is 1. The Balaban J connectivity index is 1.13. The first kappa shape index (κ1) is 22.9. The highest BCUT2D eigenvalue weighted by molar-refractivity contribution is 4.91. The van der Waals surface area contributed by atoms with E-state index in [0.29, 0.717) is 25.5 Å². The molecule has 0 bridgehead atoms. The van der Waals surface area contributed by atoms with Crippen molar-refractivity contribution in [1.82, 2.24) is 20.0 Å². The molecule has 6 heteroatoms. The van der Waals surface area contributed by atoms with Crippen LogP contribution in [0.25, 0.3) is 0 Å². The minimum absolute atomic E-state index is 0.284. The summed E-state index contributed by atoms with van der Waals surface area (Å²) < 4.78 is 21.8. The highest BCUT2D eigenvalue weighted by Gasteiger charge is 2.38. The number of ether oxygens (including phenoxy) is 1. The molecule has 0 radical (unpaired) electrons. The van der Waals surface area contributed by atoms with Crippen LogP contribution in [0.1, 0.15) is 58.3 Å². The van der Waals surface area contributed by atoms with Crippen LogP contribution in [0, 0.1) is 5.92 Å². The molecule has 1 N–H and O–H groups in total. The van der Waals surface area contributed by atoms with Crippen LogP contribution in [0.2, 0.25) is 0 Å². The standard InChI is InChI=1S/C24H45FN4O/c1-2-27-13-3-4-21(18-27)19-28-14-16-29(17-15-28)20-24(25)9-5-22(6-10-24)30-23-7-11-26-12-8-23/h21-23,26H,2-20H2,1H3. The number of piperazine rings is 1. The van der Waals surface area contributed by atoms with Gasteiger partial charge >= 0.3 is 0 Å². The van der Waals surface area contributed by atoms with Crippen LogP contribution in [0.15, 0.2) is 0 Å². The second-order valence-corrected chi connectivity index (χ2v) is 10.4. The monoisotopic (exact) mass is 424 g/mol. The van der Waals surface area contributed by atoms with Gasteiger partial charge in [-0.15, -0.1) is 0 Å². The fourth-order valence-corrected chi connectivity index (χ4v) is 6.09. The lowest BCUT2D eigenvalue weighted by atomic mass is 9.84. The Bertz CT molecular complexity index is 499. The summed E-state index contributed by atoms with van der Waals surface area (Å²) in [7, 11) is 0. The second-order valence-electron chi connectivity index (χ2n) is 10.4. The van der Waals surface area contributed by atoms with E-state index < -0.39 is 5.67 Å². The predicted molar refractivity (Wildman–Crippen MR) is 121 cm³/mol. The van der Waals surface area contributed by atoms with Crippen LogP contribution in [0.3, 0.4) is 0 Å². The highest BCUT2D eigenvalue weighted by atomic mass is 19.1. The van der Waals surface area contributed by atoms with Gasteiger partial charge < -0.3 is 19.9 Å². The second kappa shape index (κ2) is 11.0. The lowest BCUT2D eigenvalue weighted by molar-refractivity contribution is -0.0721. The van der Waals surface area contributed by atoms with Gasteiger partial charge in [-0.05, 0) is 83.5 Å². The molecule has 174 valence electrons. The van der Waals surface area contributed by atoms with Crippen LogP contribution in [-0.2, 0) is 4.74 Å². The topological polar surface area (TPSA) is 31.0 Å². The molecule has 1 unspecified atom stereocenters. The van der Waals surface area contributed by atoms with Gasteiger partial charge in [-0.25, -0.2) is 4.39 Å². The summed E-state index contributed by atoms with van der Waals surface area (Å²) in [5, 5.41) is 3.39. The van der Waals surface area contributed by atoms with Crippen LogP contribution >= 0.6 is 0 Å². The van der Waals surface area contributed by atoms with Gasteiger partial charge in [0.25, 0.3) is 0 Å². The van der Waals surface area contributed by atoms with E-state index >= 15 is 4.39 Å². The number of piperidine rings is 2. The van der Waals surface area contributed by atoms with E-state index in [9.17, 15) is 0 Å². The number of halogens is 1. The summed E-state index contributed by atoms with van der Waals surface area (Å²) in [5.41, 5.74) is -0.999. The maximum Gasteiger partial charge on any atom is 0.123 e. The molecule has 0 aromatic heterocycles. The van der Waals surface area contributed by atoms with E-state index in [-0.39, 0.29) is 6.10 Å². The van der Waals surface area contributed by atoms with E-state index in [2.05, 4.69) is 26.9 Å². The molecule has 3 saturated heterocycles. The number of alkyl halides is 1.